The molecular formula is C22H27N3O3. The van der Waals surface area contributed by atoms with E-state index in [2.05, 4.69) is 29.4 Å². The van der Waals surface area contributed by atoms with Crippen molar-refractivity contribution in [2.45, 2.75) is 26.7 Å². The average Bonchev–Trinajstić information content (AvgIpc) is 3.53. The van der Waals surface area contributed by atoms with E-state index < -0.39 is 5.41 Å². The molecule has 2 aromatic carbocycles. The van der Waals surface area contributed by atoms with Crippen LogP contribution in [0, 0.1) is 5.41 Å². The summed E-state index contributed by atoms with van der Waals surface area (Å²) in [5.41, 5.74) is 1.47. The van der Waals surface area contributed by atoms with Crippen molar-refractivity contribution in [1.82, 2.24) is 0 Å². The summed E-state index contributed by atoms with van der Waals surface area (Å²) in [5, 5.41) is 5.73. The van der Waals surface area contributed by atoms with E-state index in [4.69, 9.17) is 4.74 Å². The average molecular weight is 381 g/mol. The molecule has 28 heavy (non-hydrogen) atoms. The molecule has 6 heteroatoms. The fourth-order valence-electron chi connectivity index (χ4n) is 3.20. The number of amides is 2. The summed E-state index contributed by atoms with van der Waals surface area (Å²) < 4.78 is 5.12. The van der Waals surface area contributed by atoms with Crippen LogP contribution in [0.1, 0.15) is 26.7 Å². The van der Waals surface area contributed by atoms with Gasteiger partial charge in [-0.15, -0.1) is 0 Å². The number of methoxy groups -OCH3 is 1. The third-order valence-corrected chi connectivity index (χ3v) is 5.22. The monoisotopic (exact) mass is 381 g/mol. The highest BCUT2D eigenvalue weighted by Gasteiger charge is 2.56. The highest BCUT2D eigenvalue weighted by atomic mass is 16.5. The van der Waals surface area contributed by atoms with Gasteiger partial charge >= 0.3 is 0 Å². The van der Waals surface area contributed by atoms with Crippen molar-refractivity contribution < 1.29 is 14.3 Å². The molecule has 2 amide bonds. The molecule has 148 valence electrons. The fraction of sp³-hybridized carbons (Fsp3) is 0.364. The summed E-state index contributed by atoms with van der Waals surface area (Å²) in [6, 6.07) is 14.8. The summed E-state index contributed by atoms with van der Waals surface area (Å²) in [5.74, 6) is 0.189. The highest BCUT2D eigenvalue weighted by Crippen LogP contribution is 2.47. The summed E-state index contributed by atoms with van der Waals surface area (Å²) in [7, 11) is 1.59. The zero-order chi connectivity index (χ0) is 20.1. The maximum Gasteiger partial charge on any atom is 0.240 e. The van der Waals surface area contributed by atoms with Crippen LogP contribution in [0.5, 0.6) is 5.75 Å². The molecule has 0 heterocycles. The van der Waals surface area contributed by atoms with Crippen molar-refractivity contribution in [2.24, 2.45) is 5.41 Å². The Balaban J connectivity index is 1.63. The van der Waals surface area contributed by atoms with Gasteiger partial charge in [0, 0.05) is 30.2 Å². The number of hydrogen-bond acceptors (Lipinski definition) is 4. The van der Waals surface area contributed by atoms with Crippen LogP contribution in [0.4, 0.5) is 17.1 Å². The van der Waals surface area contributed by atoms with Gasteiger partial charge in [-0.05, 0) is 75.2 Å². The molecule has 0 spiro atoms. The lowest BCUT2D eigenvalue weighted by molar-refractivity contribution is -0.131. The van der Waals surface area contributed by atoms with E-state index in [0.29, 0.717) is 30.0 Å². The zero-order valence-electron chi connectivity index (χ0n) is 16.6. The maximum absolute atomic E-state index is 12.8. The second-order valence-corrected chi connectivity index (χ2v) is 6.94. The second-order valence-electron chi connectivity index (χ2n) is 6.94. The predicted octanol–water partition coefficient (Wildman–Crippen LogP) is 3.90. The van der Waals surface area contributed by atoms with Crippen LogP contribution in [0.3, 0.4) is 0 Å². The molecule has 6 nitrogen and oxygen atoms in total. The van der Waals surface area contributed by atoms with Crippen LogP contribution in [-0.2, 0) is 9.59 Å². The van der Waals surface area contributed by atoms with E-state index in [-0.39, 0.29) is 11.8 Å². The van der Waals surface area contributed by atoms with Gasteiger partial charge in [-0.25, -0.2) is 0 Å². The first kappa shape index (κ1) is 19.7. The number of anilines is 3. The van der Waals surface area contributed by atoms with E-state index in [9.17, 15) is 9.59 Å². The molecule has 1 saturated carbocycles. The first-order valence-electron chi connectivity index (χ1n) is 9.64. The number of nitrogens with one attached hydrogen (secondary N) is 2. The number of nitrogens with zero attached hydrogens (tertiary/aromatic N) is 1. The molecule has 0 saturated heterocycles. The van der Waals surface area contributed by atoms with Gasteiger partial charge in [-0.2, -0.15) is 0 Å². The molecule has 1 aliphatic rings. The predicted molar refractivity (Wildman–Crippen MR) is 112 cm³/mol. The third-order valence-electron chi connectivity index (χ3n) is 5.22. The Hall–Kier alpha value is -3.02. The second kappa shape index (κ2) is 8.33. The summed E-state index contributed by atoms with van der Waals surface area (Å²) in [6.07, 6.45) is 1.11. The van der Waals surface area contributed by atoms with Crippen molar-refractivity contribution in [3.8, 4) is 5.75 Å². The van der Waals surface area contributed by atoms with Crippen molar-refractivity contribution >= 4 is 28.9 Å². The Kier molecular flexibility index (Phi) is 5.87. The lowest BCUT2D eigenvalue weighted by Gasteiger charge is -2.21. The first-order valence-corrected chi connectivity index (χ1v) is 9.64. The number of carbonyl (C=O) groups is 2. The van der Waals surface area contributed by atoms with E-state index in [1.165, 1.54) is 0 Å². The lowest BCUT2D eigenvalue weighted by atomic mass is 10.0. The maximum atomic E-state index is 12.8. The fourth-order valence-corrected chi connectivity index (χ4v) is 3.20. The largest absolute Gasteiger partial charge is 0.497 e. The lowest BCUT2D eigenvalue weighted by Crippen LogP contribution is -2.35. The number of carbonyl (C=O) groups excluding carboxylic acids is 2. The quantitative estimate of drug-likeness (QED) is 0.681. The SMILES string of the molecule is CCN(CC)c1ccc(NC(=O)C2(C(=O)Nc3ccc(OC)cc3)CC2)cc1. The molecule has 1 aliphatic carbocycles. The van der Waals surface area contributed by atoms with Gasteiger partial charge in [-0.3, -0.25) is 9.59 Å². The number of benzene rings is 2. The summed E-state index contributed by atoms with van der Waals surface area (Å²) >= 11 is 0. The van der Waals surface area contributed by atoms with Gasteiger partial charge in [0.1, 0.15) is 11.2 Å². The van der Waals surface area contributed by atoms with Crippen LogP contribution in [0.25, 0.3) is 0 Å². The Morgan fingerprint density at radius 2 is 1.36 bits per heavy atom. The van der Waals surface area contributed by atoms with Crippen LogP contribution in [0.2, 0.25) is 0 Å². The molecule has 0 atom stereocenters. The number of hydrogen-bond donors (Lipinski definition) is 2. The molecule has 3 rings (SSSR count). The van der Waals surface area contributed by atoms with Gasteiger partial charge in [0.2, 0.25) is 11.8 Å². The van der Waals surface area contributed by atoms with Crippen molar-refractivity contribution in [3.63, 3.8) is 0 Å². The minimum Gasteiger partial charge on any atom is -0.497 e. The zero-order valence-corrected chi connectivity index (χ0v) is 16.6. The highest BCUT2D eigenvalue weighted by molar-refractivity contribution is 6.16. The van der Waals surface area contributed by atoms with E-state index in [0.717, 1.165) is 18.8 Å². The molecular weight excluding hydrogens is 354 g/mol. The smallest absolute Gasteiger partial charge is 0.240 e. The normalized spacial score (nSPS) is 14.1. The molecule has 1 fully saturated rings. The molecule has 0 aliphatic heterocycles. The van der Waals surface area contributed by atoms with Gasteiger partial charge in [0.05, 0.1) is 7.11 Å². The minimum atomic E-state index is -0.989. The van der Waals surface area contributed by atoms with Gasteiger partial charge in [-0.1, -0.05) is 0 Å². The van der Waals surface area contributed by atoms with E-state index in [1.54, 1.807) is 31.4 Å². The Morgan fingerprint density at radius 3 is 1.75 bits per heavy atom. The van der Waals surface area contributed by atoms with Crippen LogP contribution < -0.4 is 20.3 Å². The number of rotatable bonds is 8. The molecule has 0 bridgehead atoms. The van der Waals surface area contributed by atoms with Gasteiger partial charge in [0.15, 0.2) is 0 Å². The standard InChI is InChI=1S/C22H27N3O3/c1-4-25(5-2)18-10-6-16(7-11-18)23-20(26)22(14-15-22)21(27)24-17-8-12-19(28-3)13-9-17/h6-13H,4-5,14-15H2,1-3H3,(H,23,26)(H,24,27). The Morgan fingerprint density at radius 1 is 0.893 bits per heavy atom. The van der Waals surface area contributed by atoms with E-state index in [1.807, 2.05) is 24.3 Å². The van der Waals surface area contributed by atoms with Crippen molar-refractivity contribution in [2.75, 3.05) is 35.7 Å². The third kappa shape index (κ3) is 4.11. The Labute approximate surface area is 165 Å². The molecule has 0 aromatic heterocycles. The topological polar surface area (TPSA) is 70.7 Å². The van der Waals surface area contributed by atoms with Crippen molar-refractivity contribution in [3.05, 3.63) is 48.5 Å². The molecule has 2 aromatic rings. The number of ether oxygens (including phenoxy) is 1. The molecule has 2 N–H and O–H groups in total. The van der Waals surface area contributed by atoms with Crippen LogP contribution in [-0.4, -0.2) is 32.0 Å². The summed E-state index contributed by atoms with van der Waals surface area (Å²) in [4.78, 5) is 27.7. The van der Waals surface area contributed by atoms with Crippen LogP contribution >= 0.6 is 0 Å². The summed E-state index contributed by atoms with van der Waals surface area (Å²) in [6.45, 7) is 6.07. The molecule has 0 radical (unpaired) electrons. The first-order chi connectivity index (χ1) is 13.5. The van der Waals surface area contributed by atoms with E-state index >= 15 is 0 Å². The molecule has 0 unspecified atom stereocenters. The van der Waals surface area contributed by atoms with Crippen LogP contribution in [0.15, 0.2) is 48.5 Å². The minimum absolute atomic E-state index is 0.255. The van der Waals surface area contributed by atoms with Gasteiger partial charge in [0.25, 0.3) is 0 Å². The van der Waals surface area contributed by atoms with Crippen molar-refractivity contribution in [1.29, 1.82) is 0 Å². The Bertz CT molecular complexity index is 823. The van der Waals surface area contributed by atoms with Gasteiger partial charge < -0.3 is 20.3 Å².